The van der Waals surface area contributed by atoms with Gasteiger partial charge in [0.05, 0.1) is 0 Å². The molecule has 158 valence electrons. The predicted molar refractivity (Wildman–Crippen MR) is 116 cm³/mol. The molecule has 1 atom stereocenters. The number of para-hydroxylation sites is 1. The third-order valence-corrected chi connectivity index (χ3v) is 6.34. The Labute approximate surface area is 179 Å². The average molecular weight is 416 g/mol. The van der Waals surface area contributed by atoms with E-state index in [4.69, 9.17) is 0 Å². The molecule has 1 fully saturated rings. The van der Waals surface area contributed by atoms with Gasteiger partial charge in [-0.25, -0.2) is 4.79 Å². The molecule has 1 saturated heterocycles. The average Bonchev–Trinajstić information content (AvgIpc) is 3.29. The lowest BCUT2D eigenvalue weighted by Gasteiger charge is -2.33. The summed E-state index contributed by atoms with van der Waals surface area (Å²) in [4.78, 5) is 42.6. The van der Waals surface area contributed by atoms with Crippen LogP contribution in [0.4, 0.5) is 4.79 Å². The van der Waals surface area contributed by atoms with Crippen molar-refractivity contribution in [3.8, 4) is 0 Å². The molecular formula is C24H24N4O3. The lowest BCUT2D eigenvalue weighted by Crippen LogP contribution is -2.47. The van der Waals surface area contributed by atoms with Crippen LogP contribution in [0.25, 0.3) is 10.9 Å². The standard InChI is InChI=1S/C24H24N4O3/c29-21(25-13-11-17-14-26-20-10-4-2-8-18(17)20)15-28-22(30)24(27-23(28)31)12-5-7-16-6-1-3-9-19(16)24/h1-4,6,8-10,14,26H,5,7,11-13,15H2,(H,25,29)(H,27,31). The van der Waals surface area contributed by atoms with Crippen molar-refractivity contribution in [2.45, 2.75) is 31.2 Å². The highest BCUT2D eigenvalue weighted by atomic mass is 16.2. The van der Waals surface area contributed by atoms with Gasteiger partial charge in [-0.3, -0.25) is 14.5 Å². The van der Waals surface area contributed by atoms with Crippen LogP contribution in [-0.4, -0.2) is 40.8 Å². The molecule has 3 N–H and O–H groups in total. The maximum Gasteiger partial charge on any atom is 0.325 e. The molecule has 7 heteroatoms. The molecule has 2 heterocycles. The number of carbonyl (C=O) groups excluding carboxylic acids is 3. The van der Waals surface area contributed by atoms with Gasteiger partial charge < -0.3 is 15.6 Å². The fourth-order valence-electron chi connectivity index (χ4n) is 4.83. The minimum Gasteiger partial charge on any atom is -0.361 e. The van der Waals surface area contributed by atoms with Gasteiger partial charge in [0.2, 0.25) is 5.91 Å². The van der Waals surface area contributed by atoms with Crippen LogP contribution >= 0.6 is 0 Å². The maximum absolute atomic E-state index is 13.3. The van der Waals surface area contributed by atoms with Gasteiger partial charge in [-0.15, -0.1) is 0 Å². The number of urea groups is 1. The van der Waals surface area contributed by atoms with Crippen LogP contribution < -0.4 is 10.6 Å². The molecule has 1 spiro atoms. The largest absolute Gasteiger partial charge is 0.361 e. The molecule has 3 aromatic rings. The van der Waals surface area contributed by atoms with Crippen molar-refractivity contribution in [2.24, 2.45) is 0 Å². The summed E-state index contributed by atoms with van der Waals surface area (Å²) in [6.45, 7) is 0.154. The molecule has 0 saturated carbocycles. The van der Waals surface area contributed by atoms with Gasteiger partial charge in [-0.2, -0.15) is 0 Å². The molecule has 1 aliphatic carbocycles. The molecule has 0 bridgehead atoms. The highest BCUT2D eigenvalue weighted by Gasteiger charge is 2.54. The number of fused-ring (bicyclic) bond motifs is 3. The van der Waals surface area contributed by atoms with Gasteiger partial charge in [-0.05, 0) is 48.4 Å². The maximum atomic E-state index is 13.3. The smallest absolute Gasteiger partial charge is 0.325 e. The zero-order chi connectivity index (χ0) is 21.4. The van der Waals surface area contributed by atoms with Crippen molar-refractivity contribution in [3.05, 3.63) is 71.4 Å². The van der Waals surface area contributed by atoms with Crippen molar-refractivity contribution < 1.29 is 14.4 Å². The van der Waals surface area contributed by atoms with Crippen LogP contribution in [0.5, 0.6) is 0 Å². The molecule has 2 aliphatic rings. The van der Waals surface area contributed by atoms with E-state index in [9.17, 15) is 14.4 Å². The number of aromatic nitrogens is 1. The predicted octanol–water partition coefficient (Wildman–Crippen LogP) is 2.61. The first-order chi connectivity index (χ1) is 15.1. The summed E-state index contributed by atoms with van der Waals surface area (Å²) in [6, 6.07) is 15.2. The molecule has 7 nitrogen and oxygen atoms in total. The highest BCUT2D eigenvalue weighted by Crippen LogP contribution is 2.39. The SMILES string of the molecule is O=C(CN1C(=O)NC2(CCCc3ccccc32)C1=O)NCCc1c[nH]c2ccccc12. The van der Waals surface area contributed by atoms with Crippen LogP contribution in [0, 0.1) is 0 Å². The molecule has 31 heavy (non-hydrogen) atoms. The number of aryl methyl sites for hydroxylation is 1. The number of hydrogen-bond donors (Lipinski definition) is 3. The van der Waals surface area contributed by atoms with E-state index in [1.807, 2.05) is 54.7 Å². The Morgan fingerprint density at radius 3 is 2.81 bits per heavy atom. The summed E-state index contributed by atoms with van der Waals surface area (Å²) in [7, 11) is 0. The van der Waals surface area contributed by atoms with Gasteiger partial charge in [-0.1, -0.05) is 42.5 Å². The Morgan fingerprint density at radius 1 is 1.10 bits per heavy atom. The summed E-state index contributed by atoms with van der Waals surface area (Å²) in [5.41, 5.74) is 3.05. The Balaban J connectivity index is 1.24. The zero-order valence-electron chi connectivity index (χ0n) is 17.1. The molecule has 1 aliphatic heterocycles. The summed E-state index contributed by atoms with van der Waals surface area (Å²) in [5, 5.41) is 6.85. The normalized spacial score (nSPS) is 20.2. The van der Waals surface area contributed by atoms with E-state index in [2.05, 4.69) is 15.6 Å². The number of nitrogens with one attached hydrogen (secondary N) is 3. The minimum absolute atomic E-state index is 0.275. The van der Waals surface area contributed by atoms with E-state index < -0.39 is 11.6 Å². The molecular weight excluding hydrogens is 392 g/mol. The number of nitrogens with zero attached hydrogens (tertiary/aromatic N) is 1. The molecule has 2 aromatic carbocycles. The first-order valence-electron chi connectivity index (χ1n) is 10.6. The Bertz CT molecular complexity index is 1180. The van der Waals surface area contributed by atoms with Crippen molar-refractivity contribution in [2.75, 3.05) is 13.1 Å². The number of H-pyrrole nitrogens is 1. The zero-order valence-corrected chi connectivity index (χ0v) is 17.1. The van der Waals surface area contributed by atoms with Gasteiger partial charge in [0.1, 0.15) is 12.1 Å². The van der Waals surface area contributed by atoms with E-state index in [0.29, 0.717) is 19.4 Å². The summed E-state index contributed by atoms with van der Waals surface area (Å²) in [6.07, 6.45) is 4.85. The molecule has 1 aromatic heterocycles. The van der Waals surface area contributed by atoms with Gasteiger partial charge in [0.15, 0.2) is 0 Å². The monoisotopic (exact) mass is 416 g/mol. The van der Waals surface area contributed by atoms with E-state index >= 15 is 0 Å². The summed E-state index contributed by atoms with van der Waals surface area (Å²) < 4.78 is 0. The summed E-state index contributed by atoms with van der Waals surface area (Å²) >= 11 is 0. The Kier molecular flexibility index (Phi) is 4.73. The van der Waals surface area contributed by atoms with Crippen LogP contribution in [0.15, 0.2) is 54.7 Å². The van der Waals surface area contributed by atoms with E-state index in [1.54, 1.807) is 0 Å². The first-order valence-corrected chi connectivity index (χ1v) is 10.6. The van der Waals surface area contributed by atoms with Crippen molar-refractivity contribution in [1.82, 2.24) is 20.5 Å². The van der Waals surface area contributed by atoms with Crippen LogP contribution in [0.1, 0.15) is 29.5 Å². The number of amides is 4. The highest BCUT2D eigenvalue weighted by molar-refractivity contribution is 6.09. The first kappa shape index (κ1) is 19.4. The number of aromatic amines is 1. The quantitative estimate of drug-likeness (QED) is 0.558. The Morgan fingerprint density at radius 2 is 1.90 bits per heavy atom. The third kappa shape index (κ3) is 3.26. The molecule has 0 radical (unpaired) electrons. The van der Waals surface area contributed by atoms with Crippen LogP contribution in [0.2, 0.25) is 0 Å². The lowest BCUT2D eigenvalue weighted by molar-refractivity contribution is -0.135. The number of rotatable bonds is 5. The fourth-order valence-corrected chi connectivity index (χ4v) is 4.83. The van der Waals surface area contributed by atoms with Gasteiger partial charge >= 0.3 is 6.03 Å². The second kappa shape index (κ2) is 7.58. The number of carbonyl (C=O) groups is 3. The van der Waals surface area contributed by atoms with Crippen LogP contribution in [-0.2, 0) is 28.0 Å². The third-order valence-electron chi connectivity index (χ3n) is 6.34. The van der Waals surface area contributed by atoms with E-state index in [0.717, 1.165) is 45.3 Å². The fraction of sp³-hybridized carbons (Fsp3) is 0.292. The second-order valence-corrected chi connectivity index (χ2v) is 8.20. The molecule has 1 unspecified atom stereocenters. The second-order valence-electron chi connectivity index (χ2n) is 8.20. The van der Waals surface area contributed by atoms with Crippen molar-refractivity contribution in [3.63, 3.8) is 0 Å². The van der Waals surface area contributed by atoms with Gasteiger partial charge in [0, 0.05) is 23.6 Å². The number of benzene rings is 2. The lowest BCUT2D eigenvalue weighted by atomic mass is 9.76. The minimum atomic E-state index is -1.05. The summed E-state index contributed by atoms with van der Waals surface area (Å²) in [5.74, 6) is -0.680. The van der Waals surface area contributed by atoms with Crippen molar-refractivity contribution >= 4 is 28.7 Å². The van der Waals surface area contributed by atoms with E-state index in [1.165, 1.54) is 0 Å². The van der Waals surface area contributed by atoms with E-state index in [-0.39, 0.29) is 18.4 Å². The van der Waals surface area contributed by atoms with Crippen molar-refractivity contribution in [1.29, 1.82) is 0 Å². The van der Waals surface area contributed by atoms with Gasteiger partial charge in [0.25, 0.3) is 5.91 Å². The molecule has 5 rings (SSSR count). The topological polar surface area (TPSA) is 94.3 Å². The van der Waals surface area contributed by atoms with Crippen LogP contribution in [0.3, 0.4) is 0 Å². The number of imide groups is 1. The number of hydrogen-bond acceptors (Lipinski definition) is 3. The molecule has 4 amide bonds. The Hall–Kier alpha value is -3.61.